The number of hydrogen-bond donors (Lipinski definition) is 0. The number of allylic oxidation sites excluding steroid dienone is 5. The molecule has 1 atom stereocenters. The Balaban J connectivity index is 1.24. The summed E-state index contributed by atoms with van der Waals surface area (Å²) in [7, 11) is 0. The molecule has 0 fully saturated rings. The first-order chi connectivity index (χ1) is 21.8. The van der Waals surface area contributed by atoms with E-state index in [2.05, 4.69) is 128 Å². The minimum absolute atomic E-state index is 0.0699. The molecule has 0 saturated heterocycles. The number of anilines is 3. The molecular weight excluding hydrogens is 567 g/mol. The summed E-state index contributed by atoms with van der Waals surface area (Å²) < 4.78 is 1.13. The van der Waals surface area contributed by atoms with Gasteiger partial charge in [-0.25, -0.2) is 9.83 Å². The van der Waals surface area contributed by atoms with Crippen molar-refractivity contribution >= 4 is 49.9 Å². The molecule has 2 aliphatic rings. The molecule has 4 heteroatoms. The molecule has 1 aromatic heterocycles. The minimum atomic E-state index is 0.0699. The summed E-state index contributed by atoms with van der Waals surface area (Å²) >= 11 is 1.62. The zero-order valence-electron chi connectivity index (χ0n) is 26.3. The number of thiazole rings is 1. The van der Waals surface area contributed by atoms with Crippen LogP contribution in [0.4, 0.5) is 17.1 Å². The second-order valence-electron chi connectivity index (χ2n) is 13.1. The smallest absolute Gasteiger partial charge is 0.225 e. The van der Waals surface area contributed by atoms with Gasteiger partial charge in [0.05, 0.1) is 16.8 Å². The number of aryl methyl sites for hydroxylation is 2. The second-order valence-corrected chi connectivity index (χ2v) is 14.1. The lowest BCUT2D eigenvalue weighted by Gasteiger charge is -2.42. The molecular formula is C41H37N3S. The van der Waals surface area contributed by atoms with Crippen LogP contribution < -0.4 is 4.90 Å². The minimum Gasteiger partial charge on any atom is -0.311 e. The van der Waals surface area contributed by atoms with Crippen molar-refractivity contribution in [2.24, 2.45) is 11.3 Å². The molecule has 222 valence electrons. The van der Waals surface area contributed by atoms with Crippen LogP contribution in [0.15, 0.2) is 120 Å². The maximum atomic E-state index is 8.13. The van der Waals surface area contributed by atoms with Crippen molar-refractivity contribution in [2.75, 3.05) is 4.90 Å². The largest absolute Gasteiger partial charge is 0.311 e. The third-order valence-corrected chi connectivity index (χ3v) is 10.4. The number of benzene rings is 4. The van der Waals surface area contributed by atoms with Gasteiger partial charge in [-0.3, -0.25) is 0 Å². The average molecular weight is 604 g/mol. The Morgan fingerprint density at radius 2 is 1.42 bits per heavy atom. The standard InChI is InChI=1S/C41H37N3S/c1-27-10-17-33(18-11-27)44(34-19-12-28(2)13-20-34)35-21-14-29(15-22-35)30-16-23-36-31(24-30)25-32(26-41(36,3)4)39(42-5)40-43-37-8-6-7-9-38(37)45-40/h6-15,17-22,24-25,36H,16,23,26H2,1-4H3/b39-32+. The van der Waals surface area contributed by atoms with Crippen LogP contribution in [0.5, 0.6) is 0 Å². The number of rotatable bonds is 5. The Hall–Kier alpha value is -4.72. The van der Waals surface area contributed by atoms with E-state index in [0.717, 1.165) is 57.1 Å². The Morgan fingerprint density at radius 1 is 0.822 bits per heavy atom. The van der Waals surface area contributed by atoms with Gasteiger partial charge < -0.3 is 4.90 Å². The maximum Gasteiger partial charge on any atom is 0.225 e. The van der Waals surface area contributed by atoms with Gasteiger partial charge in [0.2, 0.25) is 5.70 Å². The third kappa shape index (κ3) is 5.65. The van der Waals surface area contributed by atoms with E-state index in [9.17, 15) is 0 Å². The summed E-state index contributed by atoms with van der Waals surface area (Å²) in [6.45, 7) is 17.1. The molecule has 0 N–H and O–H groups in total. The Labute approximate surface area is 270 Å². The predicted molar refractivity (Wildman–Crippen MR) is 191 cm³/mol. The fourth-order valence-electron chi connectivity index (χ4n) is 6.96. The highest BCUT2D eigenvalue weighted by atomic mass is 32.1. The highest BCUT2D eigenvalue weighted by Gasteiger charge is 2.38. The van der Waals surface area contributed by atoms with Crippen LogP contribution >= 0.6 is 11.3 Å². The van der Waals surface area contributed by atoms with Gasteiger partial charge in [-0.05, 0) is 115 Å². The van der Waals surface area contributed by atoms with Gasteiger partial charge in [-0.1, -0.05) is 85.7 Å². The van der Waals surface area contributed by atoms with Gasteiger partial charge in [-0.2, -0.15) is 0 Å². The highest BCUT2D eigenvalue weighted by molar-refractivity contribution is 7.19. The van der Waals surface area contributed by atoms with Crippen LogP contribution in [0.1, 0.15) is 54.8 Å². The van der Waals surface area contributed by atoms with Gasteiger partial charge in [0.25, 0.3) is 0 Å². The molecule has 5 aromatic rings. The lowest BCUT2D eigenvalue weighted by molar-refractivity contribution is 0.228. The van der Waals surface area contributed by atoms with Crippen molar-refractivity contribution in [3.63, 3.8) is 0 Å². The lowest BCUT2D eigenvalue weighted by atomic mass is 9.62. The summed E-state index contributed by atoms with van der Waals surface area (Å²) in [4.78, 5) is 11.2. The first kappa shape index (κ1) is 29.0. The number of para-hydroxylation sites is 1. The molecule has 45 heavy (non-hydrogen) atoms. The summed E-state index contributed by atoms with van der Waals surface area (Å²) in [5.41, 5.74) is 12.8. The zero-order chi connectivity index (χ0) is 31.1. The zero-order valence-corrected chi connectivity index (χ0v) is 27.2. The Kier molecular flexibility index (Phi) is 7.51. The number of fused-ring (bicyclic) bond motifs is 2. The van der Waals surface area contributed by atoms with Gasteiger partial charge in [0.15, 0.2) is 0 Å². The topological polar surface area (TPSA) is 20.5 Å². The van der Waals surface area contributed by atoms with Crippen molar-refractivity contribution in [1.29, 1.82) is 0 Å². The molecule has 0 bridgehead atoms. The quantitative estimate of drug-likeness (QED) is 0.186. The average Bonchev–Trinajstić information content (AvgIpc) is 3.47. The van der Waals surface area contributed by atoms with Gasteiger partial charge >= 0.3 is 0 Å². The van der Waals surface area contributed by atoms with Crippen LogP contribution in [0.2, 0.25) is 0 Å². The molecule has 3 nitrogen and oxygen atoms in total. The summed E-state index contributed by atoms with van der Waals surface area (Å²) in [5.74, 6) is 0.477. The lowest BCUT2D eigenvalue weighted by Crippen LogP contribution is -2.31. The van der Waals surface area contributed by atoms with E-state index in [4.69, 9.17) is 11.6 Å². The van der Waals surface area contributed by atoms with E-state index < -0.39 is 0 Å². The van der Waals surface area contributed by atoms with Crippen LogP contribution in [0.25, 0.3) is 26.3 Å². The van der Waals surface area contributed by atoms with E-state index in [1.165, 1.54) is 27.8 Å². The van der Waals surface area contributed by atoms with E-state index in [1.54, 1.807) is 11.3 Å². The van der Waals surface area contributed by atoms with Crippen molar-refractivity contribution in [2.45, 2.75) is 47.0 Å². The fraction of sp³-hybridized carbons (Fsp3) is 0.220. The van der Waals surface area contributed by atoms with Gasteiger partial charge in [-0.15, -0.1) is 11.3 Å². The SMILES string of the molecule is [C-]#[N+]/C(=C1\C=C2C=C(c3ccc(N(c4ccc(C)cc4)c4ccc(C)cc4)cc3)CCC2C(C)(C)C1)c1nc2ccccc2s1. The molecule has 0 aliphatic heterocycles. The van der Waals surface area contributed by atoms with Crippen molar-refractivity contribution in [3.05, 3.63) is 153 Å². The van der Waals surface area contributed by atoms with E-state index >= 15 is 0 Å². The second kappa shape index (κ2) is 11.7. The molecule has 7 rings (SSSR count). The predicted octanol–water partition coefficient (Wildman–Crippen LogP) is 11.9. The first-order valence-corrected chi connectivity index (χ1v) is 16.5. The first-order valence-electron chi connectivity index (χ1n) is 15.7. The highest BCUT2D eigenvalue weighted by Crippen LogP contribution is 2.51. The molecule has 0 amide bonds. The van der Waals surface area contributed by atoms with Crippen LogP contribution in [-0.2, 0) is 0 Å². The summed E-state index contributed by atoms with van der Waals surface area (Å²) in [5, 5.41) is 0.828. The number of nitrogens with zero attached hydrogens (tertiary/aromatic N) is 3. The molecule has 0 saturated carbocycles. The van der Waals surface area contributed by atoms with Gasteiger partial charge in [0.1, 0.15) is 5.01 Å². The summed E-state index contributed by atoms with van der Waals surface area (Å²) in [6.07, 6.45) is 7.77. The third-order valence-electron chi connectivity index (χ3n) is 9.37. The van der Waals surface area contributed by atoms with Crippen molar-refractivity contribution < 1.29 is 0 Å². The van der Waals surface area contributed by atoms with Crippen LogP contribution in [0, 0.1) is 31.8 Å². The van der Waals surface area contributed by atoms with Crippen molar-refractivity contribution in [3.8, 4) is 0 Å². The van der Waals surface area contributed by atoms with Crippen LogP contribution in [-0.4, -0.2) is 4.98 Å². The van der Waals surface area contributed by atoms with E-state index in [0.29, 0.717) is 11.6 Å². The normalized spacial score (nSPS) is 18.4. The molecule has 1 heterocycles. The molecule has 0 spiro atoms. The van der Waals surface area contributed by atoms with Crippen molar-refractivity contribution in [1.82, 2.24) is 4.98 Å². The number of hydrogen-bond acceptors (Lipinski definition) is 3. The fourth-order valence-corrected chi connectivity index (χ4v) is 7.95. The monoisotopic (exact) mass is 603 g/mol. The summed E-state index contributed by atoms with van der Waals surface area (Å²) in [6, 6.07) is 34.7. The van der Waals surface area contributed by atoms with Crippen LogP contribution in [0.3, 0.4) is 0 Å². The van der Waals surface area contributed by atoms with Gasteiger partial charge in [0, 0.05) is 17.1 Å². The van der Waals surface area contributed by atoms with E-state index in [-0.39, 0.29) is 5.41 Å². The number of aromatic nitrogens is 1. The Bertz CT molecular complexity index is 1940. The Morgan fingerprint density at radius 3 is 2.02 bits per heavy atom. The molecule has 0 radical (unpaired) electrons. The molecule has 1 unspecified atom stereocenters. The molecule has 2 aliphatic carbocycles. The molecule has 4 aromatic carbocycles. The maximum absolute atomic E-state index is 8.13. The van der Waals surface area contributed by atoms with E-state index in [1.807, 2.05) is 18.2 Å².